The number of benzene rings is 2. The number of hydrogen-bond acceptors (Lipinski definition) is 5. The highest BCUT2D eigenvalue weighted by Gasteiger charge is 2.49. The number of quaternary nitrogens is 1. The summed E-state index contributed by atoms with van der Waals surface area (Å²) in [4.78, 5) is 4.86. The first kappa shape index (κ1) is 24.0. The standard InChI is InChI=1S/C29H35ClN3O3/c30-24-12-7-13-25(18-24)35-26-19-33(16-14-21(26)15-17-33)20-27-31-28(32-36-27)29(34,22-8-3-1-4-9-22)23-10-5-2-6-11-23/h1,3-4,7-9,12-13,18,21,23,26,34H,2,5-6,10-11,14-17,19-20H2/q+1/t21?,26-,29-,33?/m0/s1. The topological polar surface area (TPSA) is 68.4 Å². The Balaban J connectivity index is 1.23. The predicted octanol–water partition coefficient (Wildman–Crippen LogP) is 5.73. The van der Waals surface area contributed by atoms with Crippen LogP contribution < -0.4 is 4.74 Å². The number of ether oxygens (including phenoxy) is 1. The zero-order valence-electron chi connectivity index (χ0n) is 20.7. The van der Waals surface area contributed by atoms with Gasteiger partial charge in [-0.2, -0.15) is 4.98 Å². The van der Waals surface area contributed by atoms with Gasteiger partial charge in [0.2, 0.25) is 5.82 Å². The fourth-order valence-electron chi connectivity index (χ4n) is 6.81. The SMILES string of the molecule is O[C@](c1ccccc1)(c1noc(C[N+]23CCC(CC2)[C@@H](Oc2cccc(Cl)c2)C3)n1)C1CCCCC1. The summed E-state index contributed by atoms with van der Waals surface area (Å²) in [5, 5.41) is 17.2. The van der Waals surface area contributed by atoms with E-state index in [0.717, 1.165) is 74.0 Å². The first-order valence-corrected chi connectivity index (χ1v) is 13.8. The second kappa shape index (κ2) is 9.81. The lowest BCUT2D eigenvalue weighted by atomic mass is 9.73. The number of rotatable bonds is 7. The number of aliphatic hydroxyl groups is 1. The summed E-state index contributed by atoms with van der Waals surface area (Å²) in [7, 11) is 0. The average Bonchev–Trinajstić information content (AvgIpc) is 3.38. The van der Waals surface area contributed by atoms with Gasteiger partial charge >= 0.3 is 0 Å². The largest absolute Gasteiger partial charge is 0.484 e. The van der Waals surface area contributed by atoms with Crippen LogP contribution in [0.25, 0.3) is 0 Å². The minimum Gasteiger partial charge on any atom is -0.484 e. The Morgan fingerprint density at radius 3 is 2.53 bits per heavy atom. The molecule has 0 unspecified atom stereocenters. The van der Waals surface area contributed by atoms with Gasteiger partial charge in [-0.05, 0) is 42.5 Å². The van der Waals surface area contributed by atoms with E-state index in [9.17, 15) is 5.11 Å². The molecule has 7 rings (SSSR count). The molecule has 2 atom stereocenters. The number of piperidine rings is 3. The molecule has 0 amide bonds. The molecular formula is C29H35ClN3O3+. The second-order valence-electron chi connectivity index (χ2n) is 11.1. The molecule has 3 aliphatic heterocycles. The van der Waals surface area contributed by atoms with Crippen molar-refractivity contribution in [3.8, 4) is 5.75 Å². The Morgan fingerprint density at radius 2 is 1.78 bits per heavy atom. The maximum atomic E-state index is 12.1. The molecule has 190 valence electrons. The minimum absolute atomic E-state index is 0.0901. The van der Waals surface area contributed by atoms with Gasteiger partial charge in [0.1, 0.15) is 12.3 Å². The first-order chi connectivity index (χ1) is 17.5. The molecule has 3 saturated heterocycles. The van der Waals surface area contributed by atoms with Crippen molar-refractivity contribution in [3.05, 3.63) is 76.9 Å². The van der Waals surface area contributed by atoms with Crippen molar-refractivity contribution in [1.29, 1.82) is 0 Å². The molecule has 6 nitrogen and oxygen atoms in total. The fourth-order valence-corrected chi connectivity index (χ4v) is 6.99. The summed E-state index contributed by atoms with van der Waals surface area (Å²) in [6.45, 7) is 3.76. The summed E-state index contributed by atoms with van der Waals surface area (Å²) in [6, 6.07) is 17.6. The van der Waals surface area contributed by atoms with E-state index < -0.39 is 5.60 Å². The summed E-state index contributed by atoms with van der Waals surface area (Å²) >= 11 is 6.18. The summed E-state index contributed by atoms with van der Waals surface area (Å²) in [5.41, 5.74) is -0.374. The molecule has 1 saturated carbocycles. The maximum Gasteiger partial charge on any atom is 0.282 e. The highest BCUT2D eigenvalue weighted by atomic mass is 35.5. The van der Waals surface area contributed by atoms with Gasteiger partial charge in [-0.1, -0.05) is 72.4 Å². The zero-order chi connectivity index (χ0) is 24.6. The summed E-state index contributed by atoms with van der Waals surface area (Å²) in [6.07, 6.45) is 7.82. The summed E-state index contributed by atoms with van der Waals surface area (Å²) < 4.78 is 13.2. The molecule has 4 aliphatic rings. The van der Waals surface area contributed by atoms with E-state index in [0.29, 0.717) is 29.2 Å². The smallest absolute Gasteiger partial charge is 0.282 e. The minimum atomic E-state index is -1.23. The Bertz CT molecular complexity index is 1170. The van der Waals surface area contributed by atoms with Crippen molar-refractivity contribution in [2.24, 2.45) is 11.8 Å². The molecule has 0 radical (unpaired) electrons. The van der Waals surface area contributed by atoms with Gasteiger partial charge in [-0.15, -0.1) is 0 Å². The predicted molar refractivity (Wildman–Crippen MR) is 137 cm³/mol. The number of halogens is 1. The Hall–Kier alpha value is -2.41. The molecule has 36 heavy (non-hydrogen) atoms. The van der Waals surface area contributed by atoms with Crippen molar-refractivity contribution in [1.82, 2.24) is 10.1 Å². The van der Waals surface area contributed by atoms with E-state index in [1.807, 2.05) is 54.6 Å². The lowest BCUT2D eigenvalue weighted by Crippen LogP contribution is -2.64. The van der Waals surface area contributed by atoms with Crippen LogP contribution in [0, 0.1) is 11.8 Å². The molecule has 2 aromatic carbocycles. The van der Waals surface area contributed by atoms with Gasteiger partial charge in [-0.3, -0.25) is 0 Å². The maximum absolute atomic E-state index is 12.1. The van der Waals surface area contributed by atoms with Gasteiger partial charge in [0.05, 0.1) is 13.1 Å². The lowest BCUT2D eigenvalue weighted by molar-refractivity contribution is -0.959. The van der Waals surface area contributed by atoms with E-state index >= 15 is 0 Å². The van der Waals surface area contributed by atoms with Crippen LogP contribution >= 0.6 is 11.6 Å². The Kier molecular flexibility index (Phi) is 6.53. The molecule has 1 aliphatic carbocycles. The molecule has 3 aromatic rings. The zero-order valence-corrected chi connectivity index (χ0v) is 21.4. The van der Waals surface area contributed by atoms with Crippen LogP contribution in [0.3, 0.4) is 0 Å². The van der Waals surface area contributed by atoms with E-state index in [1.165, 1.54) is 6.42 Å². The molecule has 1 N–H and O–H groups in total. The van der Waals surface area contributed by atoms with Gasteiger partial charge in [0.25, 0.3) is 5.89 Å². The highest BCUT2D eigenvalue weighted by Crippen LogP contribution is 2.43. The third-order valence-electron chi connectivity index (χ3n) is 8.81. The number of hydrogen-bond donors (Lipinski definition) is 1. The average molecular weight is 509 g/mol. The fraction of sp³-hybridized carbons (Fsp3) is 0.517. The van der Waals surface area contributed by atoms with E-state index in [2.05, 4.69) is 5.16 Å². The molecule has 1 aromatic heterocycles. The van der Waals surface area contributed by atoms with Crippen LogP contribution in [0.1, 0.15) is 62.2 Å². The number of fused-ring (bicyclic) bond motifs is 3. The highest BCUT2D eigenvalue weighted by molar-refractivity contribution is 6.30. The van der Waals surface area contributed by atoms with Crippen LogP contribution in [-0.2, 0) is 12.1 Å². The van der Waals surface area contributed by atoms with Crippen molar-refractivity contribution >= 4 is 11.6 Å². The number of nitrogens with zero attached hydrogens (tertiary/aromatic N) is 3. The third-order valence-corrected chi connectivity index (χ3v) is 9.05. The Morgan fingerprint density at radius 1 is 1.00 bits per heavy atom. The third kappa shape index (κ3) is 4.55. The molecule has 7 heteroatoms. The van der Waals surface area contributed by atoms with Crippen molar-refractivity contribution in [3.63, 3.8) is 0 Å². The van der Waals surface area contributed by atoms with Gasteiger partial charge in [0.15, 0.2) is 18.2 Å². The van der Waals surface area contributed by atoms with Gasteiger partial charge < -0.3 is 18.8 Å². The van der Waals surface area contributed by atoms with Gasteiger partial charge in [0, 0.05) is 23.8 Å². The van der Waals surface area contributed by atoms with Crippen LogP contribution in [0.15, 0.2) is 59.1 Å². The quantitative estimate of drug-likeness (QED) is 0.413. The monoisotopic (exact) mass is 508 g/mol. The number of aromatic nitrogens is 2. The lowest BCUT2D eigenvalue weighted by Gasteiger charge is -2.51. The van der Waals surface area contributed by atoms with Crippen LogP contribution in [0.5, 0.6) is 5.75 Å². The molecule has 2 bridgehead atoms. The Labute approximate surface area is 217 Å². The van der Waals surface area contributed by atoms with Crippen molar-refractivity contribution < 1.29 is 18.8 Å². The van der Waals surface area contributed by atoms with Gasteiger partial charge in [-0.25, -0.2) is 0 Å². The molecule has 0 spiro atoms. The first-order valence-electron chi connectivity index (χ1n) is 13.4. The molecular weight excluding hydrogens is 474 g/mol. The second-order valence-corrected chi connectivity index (χ2v) is 11.5. The normalized spacial score (nSPS) is 28.1. The molecule has 4 fully saturated rings. The molecule has 4 heterocycles. The van der Waals surface area contributed by atoms with Crippen LogP contribution in [0.2, 0.25) is 5.02 Å². The van der Waals surface area contributed by atoms with E-state index in [1.54, 1.807) is 0 Å². The van der Waals surface area contributed by atoms with Crippen molar-refractivity contribution in [2.75, 3.05) is 19.6 Å². The summed E-state index contributed by atoms with van der Waals surface area (Å²) in [5.74, 6) is 2.51. The van der Waals surface area contributed by atoms with E-state index in [4.69, 9.17) is 25.8 Å². The van der Waals surface area contributed by atoms with E-state index in [-0.39, 0.29) is 12.0 Å². The van der Waals surface area contributed by atoms with Crippen molar-refractivity contribution in [2.45, 2.75) is 63.2 Å². The van der Waals surface area contributed by atoms with Crippen LogP contribution in [0.4, 0.5) is 0 Å². The van der Waals surface area contributed by atoms with Crippen LogP contribution in [-0.4, -0.2) is 45.5 Å².